The van der Waals surface area contributed by atoms with Crippen LogP contribution in [0.25, 0.3) is 0 Å². The molecule has 1 aliphatic heterocycles. The number of anilines is 2. The molecule has 0 saturated heterocycles. The summed E-state index contributed by atoms with van der Waals surface area (Å²) in [4.78, 5) is 35.7. The Hall–Kier alpha value is -3.19. The Morgan fingerprint density at radius 2 is 1.82 bits per heavy atom. The van der Waals surface area contributed by atoms with Crippen LogP contribution in [-0.4, -0.2) is 49.0 Å². The van der Waals surface area contributed by atoms with Crippen LogP contribution in [0.1, 0.15) is 55.2 Å². The molecule has 3 amide bonds. The van der Waals surface area contributed by atoms with E-state index in [9.17, 15) is 9.59 Å². The third-order valence-corrected chi connectivity index (χ3v) is 7.57. The molecule has 1 saturated carbocycles. The molecule has 2 N–H and O–H groups in total. The number of benzodiazepines with no additional fused rings is 1. The van der Waals surface area contributed by atoms with E-state index in [4.69, 9.17) is 4.99 Å². The van der Waals surface area contributed by atoms with E-state index in [2.05, 4.69) is 16.7 Å². The van der Waals surface area contributed by atoms with Gasteiger partial charge in [0.1, 0.15) is 0 Å². The fourth-order valence-electron chi connectivity index (χ4n) is 5.58. The van der Waals surface area contributed by atoms with Crippen molar-refractivity contribution in [3.8, 4) is 0 Å². The van der Waals surface area contributed by atoms with E-state index in [1.807, 2.05) is 48.3 Å². The minimum absolute atomic E-state index is 0.157. The van der Waals surface area contributed by atoms with Crippen molar-refractivity contribution in [3.05, 3.63) is 59.2 Å². The predicted molar refractivity (Wildman–Crippen MR) is 135 cm³/mol. The number of aryl methyl sites for hydroxylation is 2. The number of para-hydroxylation sites is 1. The molecule has 1 unspecified atom stereocenters. The lowest BCUT2D eigenvalue weighted by molar-refractivity contribution is -0.132. The van der Waals surface area contributed by atoms with E-state index in [1.165, 1.54) is 17.5 Å². The van der Waals surface area contributed by atoms with Crippen LogP contribution in [0, 0.1) is 0 Å². The first kappa shape index (κ1) is 22.6. The smallest absolute Gasteiger partial charge is 0.310 e. The van der Waals surface area contributed by atoms with E-state index < -0.39 is 11.8 Å². The second-order valence-electron chi connectivity index (χ2n) is 9.67. The van der Waals surface area contributed by atoms with Gasteiger partial charge in [-0.2, -0.15) is 0 Å². The summed E-state index contributed by atoms with van der Waals surface area (Å²) < 4.78 is 0. The summed E-state index contributed by atoms with van der Waals surface area (Å²) in [5.41, 5.74) is 4.98. The third-order valence-electron chi connectivity index (χ3n) is 7.57. The number of nitrogens with zero attached hydrogens (tertiary/aromatic N) is 3. The van der Waals surface area contributed by atoms with Gasteiger partial charge in [-0.3, -0.25) is 15.0 Å². The van der Waals surface area contributed by atoms with Crippen LogP contribution in [-0.2, 0) is 17.6 Å². The lowest BCUT2D eigenvalue weighted by atomic mass is 9.93. The summed E-state index contributed by atoms with van der Waals surface area (Å²) in [6, 6.07) is 13.4. The maximum atomic E-state index is 14.0. The Morgan fingerprint density at radius 3 is 2.65 bits per heavy atom. The summed E-state index contributed by atoms with van der Waals surface area (Å²) in [6.07, 6.45) is 10.4. The number of nitrogens with one attached hydrogen (secondary N) is 2. The highest BCUT2D eigenvalue weighted by Gasteiger charge is 2.49. The standard InChI is InChI=1S/C27H33N5O2/c1-31-24-14-7-6-9-21(24)18-28-27(25(31)33,32(2)23-12-4-3-5-13-23)30-26(34)29-22-16-15-19-10-8-11-20(19)17-22/h6-7,9,14-18,23H,3-5,8,10-13H2,1-2H3,(H2,29,30,34). The number of carbonyl (C=O) groups is 2. The highest BCUT2D eigenvalue weighted by atomic mass is 16.2. The molecular formula is C27H33N5O2. The number of aliphatic imine (C=N–C) groups is 1. The highest BCUT2D eigenvalue weighted by molar-refractivity contribution is 6.08. The molecule has 2 aliphatic carbocycles. The third kappa shape index (κ3) is 4.09. The number of benzene rings is 2. The van der Waals surface area contributed by atoms with Crippen LogP contribution in [0.4, 0.5) is 16.2 Å². The summed E-state index contributed by atoms with van der Waals surface area (Å²) in [7, 11) is 3.66. The van der Waals surface area contributed by atoms with Gasteiger partial charge >= 0.3 is 6.03 Å². The topological polar surface area (TPSA) is 77.0 Å². The monoisotopic (exact) mass is 459 g/mol. The highest BCUT2D eigenvalue weighted by Crippen LogP contribution is 2.32. The molecule has 178 valence electrons. The molecule has 0 spiro atoms. The molecule has 0 bridgehead atoms. The summed E-state index contributed by atoms with van der Waals surface area (Å²) in [5, 5.41) is 5.94. The van der Waals surface area contributed by atoms with E-state index in [1.54, 1.807) is 18.2 Å². The second kappa shape index (κ2) is 9.22. The number of fused-ring (bicyclic) bond motifs is 2. The quantitative estimate of drug-likeness (QED) is 0.669. The second-order valence-corrected chi connectivity index (χ2v) is 9.67. The zero-order chi connectivity index (χ0) is 23.7. The van der Waals surface area contributed by atoms with E-state index in [-0.39, 0.29) is 11.9 Å². The summed E-state index contributed by atoms with van der Waals surface area (Å²) >= 11 is 0. The number of likely N-dealkylation sites (N-methyl/N-ethyl adjacent to an activating group) is 2. The molecule has 2 aromatic rings. The van der Waals surface area contributed by atoms with Crippen molar-refractivity contribution in [2.75, 3.05) is 24.3 Å². The molecule has 1 fully saturated rings. The van der Waals surface area contributed by atoms with Gasteiger partial charge in [0.15, 0.2) is 0 Å². The fourth-order valence-corrected chi connectivity index (χ4v) is 5.58. The first-order chi connectivity index (χ1) is 16.5. The Kier molecular flexibility index (Phi) is 6.13. The van der Waals surface area contributed by atoms with Crippen LogP contribution in [0.15, 0.2) is 47.5 Å². The zero-order valence-corrected chi connectivity index (χ0v) is 20.0. The Morgan fingerprint density at radius 1 is 1.06 bits per heavy atom. The number of urea groups is 1. The molecule has 7 nitrogen and oxygen atoms in total. The van der Waals surface area contributed by atoms with Gasteiger partial charge in [0.05, 0.1) is 5.69 Å². The van der Waals surface area contributed by atoms with Gasteiger partial charge < -0.3 is 10.2 Å². The average Bonchev–Trinajstić information content (AvgIpc) is 3.30. The first-order valence-electron chi connectivity index (χ1n) is 12.3. The van der Waals surface area contributed by atoms with E-state index >= 15 is 0 Å². The Balaban J connectivity index is 1.47. The molecule has 1 heterocycles. The Bertz CT molecular complexity index is 1120. The van der Waals surface area contributed by atoms with Gasteiger partial charge in [-0.15, -0.1) is 0 Å². The first-order valence-corrected chi connectivity index (χ1v) is 12.3. The van der Waals surface area contributed by atoms with Gasteiger partial charge in [0, 0.05) is 30.6 Å². The van der Waals surface area contributed by atoms with Gasteiger partial charge in [0.25, 0.3) is 11.7 Å². The Labute approximate surface area is 201 Å². The van der Waals surface area contributed by atoms with Crippen molar-refractivity contribution in [2.45, 2.75) is 63.2 Å². The van der Waals surface area contributed by atoms with Crippen LogP contribution < -0.4 is 15.5 Å². The largest absolute Gasteiger partial charge is 0.322 e. The van der Waals surface area contributed by atoms with Crippen molar-refractivity contribution in [3.63, 3.8) is 0 Å². The number of carbonyl (C=O) groups excluding carboxylic acids is 2. The lowest BCUT2D eigenvalue weighted by Crippen LogP contribution is -2.69. The fraction of sp³-hybridized carbons (Fsp3) is 0.444. The number of hydrogen-bond donors (Lipinski definition) is 2. The lowest BCUT2D eigenvalue weighted by Gasteiger charge is -2.43. The van der Waals surface area contributed by atoms with Crippen LogP contribution >= 0.6 is 0 Å². The van der Waals surface area contributed by atoms with Crippen molar-refractivity contribution in [1.29, 1.82) is 0 Å². The zero-order valence-electron chi connectivity index (χ0n) is 20.0. The summed E-state index contributed by atoms with van der Waals surface area (Å²) in [5.74, 6) is -1.80. The van der Waals surface area contributed by atoms with Crippen molar-refractivity contribution < 1.29 is 9.59 Å². The molecule has 0 radical (unpaired) electrons. The number of hydrogen-bond acceptors (Lipinski definition) is 4. The minimum Gasteiger partial charge on any atom is -0.310 e. The van der Waals surface area contributed by atoms with Crippen molar-refractivity contribution in [1.82, 2.24) is 10.2 Å². The molecule has 1 atom stereocenters. The van der Waals surface area contributed by atoms with E-state index in [0.29, 0.717) is 0 Å². The molecule has 0 aromatic heterocycles. The van der Waals surface area contributed by atoms with E-state index in [0.717, 1.165) is 61.9 Å². The van der Waals surface area contributed by atoms with Gasteiger partial charge in [0.2, 0.25) is 0 Å². The van der Waals surface area contributed by atoms with Gasteiger partial charge in [-0.1, -0.05) is 43.5 Å². The maximum absolute atomic E-state index is 14.0. The molecular weight excluding hydrogens is 426 g/mol. The molecule has 2 aromatic carbocycles. The molecule has 3 aliphatic rings. The average molecular weight is 460 g/mol. The molecule has 7 heteroatoms. The molecule has 5 rings (SSSR count). The van der Waals surface area contributed by atoms with Crippen LogP contribution in [0.2, 0.25) is 0 Å². The van der Waals surface area contributed by atoms with Crippen LogP contribution in [0.3, 0.4) is 0 Å². The maximum Gasteiger partial charge on any atom is 0.322 e. The SMILES string of the molecule is CN1C(=O)C(NC(=O)Nc2ccc3c(c2)CCC3)(N(C)C2CCCCC2)N=Cc2ccccc21. The normalized spacial score (nSPS) is 22.3. The number of rotatable bonds is 4. The molecule has 34 heavy (non-hydrogen) atoms. The number of amides is 3. The summed E-state index contributed by atoms with van der Waals surface area (Å²) in [6.45, 7) is 0. The predicted octanol–water partition coefficient (Wildman–Crippen LogP) is 4.31. The van der Waals surface area contributed by atoms with Crippen LogP contribution in [0.5, 0.6) is 0 Å². The van der Waals surface area contributed by atoms with Gasteiger partial charge in [-0.25, -0.2) is 9.79 Å². The van der Waals surface area contributed by atoms with Crippen molar-refractivity contribution in [2.24, 2.45) is 4.99 Å². The van der Waals surface area contributed by atoms with Crippen molar-refractivity contribution >= 4 is 29.5 Å². The van der Waals surface area contributed by atoms with Gasteiger partial charge in [-0.05, 0) is 68.5 Å². The minimum atomic E-state index is -1.53.